The summed E-state index contributed by atoms with van der Waals surface area (Å²) in [6.07, 6.45) is -0.325. The minimum Gasteiger partial charge on any atom is -0.507 e. The number of methoxy groups -OCH3 is 2. The number of aliphatic hydroxyl groups is 1. The second kappa shape index (κ2) is 10.6. The molecule has 37 heavy (non-hydrogen) atoms. The van der Waals surface area contributed by atoms with Crippen LogP contribution in [-0.4, -0.2) is 43.1 Å². The van der Waals surface area contributed by atoms with Crippen molar-refractivity contribution in [3.63, 3.8) is 0 Å². The van der Waals surface area contributed by atoms with Crippen LogP contribution in [0.5, 0.6) is 11.5 Å². The van der Waals surface area contributed by atoms with Crippen LogP contribution >= 0.6 is 0 Å². The predicted molar refractivity (Wildman–Crippen MR) is 138 cm³/mol. The standard InChI is InChI=1S/C29H27NO7/c1-17(2)37-29(34)19-11-8-12-20(15-19)30-25(18-9-6-5-7-10-18)24(27(32)28(30)33)26(31)22-14-13-21(35-3)16-23(22)36-4/h5-17,25,31H,1-4H3/b26-24-. The summed E-state index contributed by atoms with van der Waals surface area (Å²) in [5.74, 6) is -1.86. The number of carbonyl (C=O) groups excluding carboxylic acids is 3. The first-order chi connectivity index (χ1) is 17.8. The fourth-order valence-corrected chi connectivity index (χ4v) is 4.25. The van der Waals surface area contributed by atoms with Crippen molar-refractivity contribution in [3.05, 3.63) is 95.1 Å². The molecule has 1 fully saturated rings. The third-order valence-corrected chi connectivity index (χ3v) is 5.93. The molecule has 8 heteroatoms. The summed E-state index contributed by atoms with van der Waals surface area (Å²) < 4.78 is 15.9. The van der Waals surface area contributed by atoms with Crippen molar-refractivity contribution in [2.45, 2.75) is 26.0 Å². The molecule has 1 aliphatic rings. The number of amides is 1. The summed E-state index contributed by atoms with van der Waals surface area (Å²) in [7, 11) is 2.93. The van der Waals surface area contributed by atoms with E-state index < -0.39 is 23.7 Å². The lowest BCUT2D eigenvalue weighted by Gasteiger charge is -2.26. The fourth-order valence-electron chi connectivity index (χ4n) is 4.25. The summed E-state index contributed by atoms with van der Waals surface area (Å²) in [5, 5.41) is 11.4. The molecular weight excluding hydrogens is 474 g/mol. The van der Waals surface area contributed by atoms with E-state index in [1.807, 2.05) is 6.07 Å². The number of ether oxygens (including phenoxy) is 3. The molecule has 0 spiro atoms. The molecule has 1 heterocycles. The van der Waals surface area contributed by atoms with Crippen LogP contribution in [0.4, 0.5) is 5.69 Å². The van der Waals surface area contributed by atoms with Crippen LogP contribution in [0, 0.1) is 0 Å². The van der Waals surface area contributed by atoms with Gasteiger partial charge < -0.3 is 19.3 Å². The number of benzene rings is 3. The van der Waals surface area contributed by atoms with Crippen molar-refractivity contribution in [2.75, 3.05) is 19.1 Å². The highest BCUT2D eigenvalue weighted by Gasteiger charge is 2.47. The quantitative estimate of drug-likeness (QED) is 0.213. The third kappa shape index (κ3) is 4.91. The summed E-state index contributed by atoms with van der Waals surface area (Å²) in [6, 6.07) is 19.0. The Morgan fingerprint density at radius 2 is 1.65 bits per heavy atom. The van der Waals surface area contributed by atoms with Crippen molar-refractivity contribution in [3.8, 4) is 11.5 Å². The van der Waals surface area contributed by atoms with Crippen LogP contribution in [0.3, 0.4) is 0 Å². The van der Waals surface area contributed by atoms with Crippen LogP contribution in [0.1, 0.15) is 41.4 Å². The van der Waals surface area contributed by atoms with Crippen molar-refractivity contribution in [2.24, 2.45) is 0 Å². The minimum atomic E-state index is -0.954. The van der Waals surface area contributed by atoms with Crippen LogP contribution in [-0.2, 0) is 14.3 Å². The Kier molecular flexibility index (Phi) is 7.29. The van der Waals surface area contributed by atoms with Gasteiger partial charge in [-0.25, -0.2) is 4.79 Å². The Morgan fingerprint density at radius 1 is 0.919 bits per heavy atom. The van der Waals surface area contributed by atoms with Gasteiger partial charge in [0.2, 0.25) is 0 Å². The first kappa shape index (κ1) is 25.5. The maximum absolute atomic E-state index is 13.4. The molecule has 3 aromatic carbocycles. The monoisotopic (exact) mass is 501 g/mol. The van der Waals surface area contributed by atoms with Crippen molar-refractivity contribution in [1.82, 2.24) is 0 Å². The summed E-state index contributed by atoms with van der Waals surface area (Å²) in [5.41, 5.74) is 1.28. The topological polar surface area (TPSA) is 102 Å². The van der Waals surface area contributed by atoms with Gasteiger partial charge in [-0.2, -0.15) is 0 Å². The Balaban J connectivity index is 1.90. The van der Waals surface area contributed by atoms with Crippen molar-refractivity contribution < 1.29 is 33.7 Å². The highest BCUT2D eigenvalue weighted by Crippen LogP contribution is 2.43. The van der Waals surface area contributed by atoms with E-state index in [1.165, 1.54) is 25.2 Å². The molecule has 1 saturated heterocycles. The number of hydrogen-bond acceptors (Lipinski definition) is 7. The van der Waals surface area contributed by atoms with Gasteiger partial charge in [0, 0.05) is 11.8 Å². The molecule has 1 aliphatic heterocycles. The maximum Gasteiger partial charge on any atom is 0.338 e. The lowest BCUT2D eigenvalue weighted by atomic mass is 9.94. The molecule has 0 saturated carbocycles. The van der Waals surface area contributed by atoms with E-state index in [0.29, 0.717) is 17.0 Å². The van der Waals surface area contributed by atoms with E-state index in [9.17, 15) is 19.5 Å². The number of hydrogen-bond donors (Lipinski definition) is 1. The number of esters is 1. The van der Waals surface area contributed by atoms with E-state index in [0.717, 1.165) is 0 Å². The van der Waals surface area contributed by atoms with Gasteiger partial charge in [0.05, 0.1) is 43.1 Å². The van der Waals surface area contributed by atoms with Gasteiger partial charge in [-0.3, -0.25) is 14.5 Å². The van der Waals surface area contributed by atoms with E-state index in [2.05, 4.69) is 0 Å². The van der Waals surface area contributed by atoms with Crippen molar-refractivity contribution in [1.29, 1.82) is 0 Å². The molecule has 0 radical (unpaired) electrons. The first-order valence-electron chi connectivity index (χ1n) is 11.7. The molecular formula is C29H27NO7. The molecule has 4 rings (SSSR count). The van der Waals surface area contributed by atoms with E-state index in [-0.39, 0.29) is 34.3 Å². The Morgan fingerprint density at radius 3 is 2.30 bits per heavy atom. The zero-order chi connectivity index (χ0) is 26.7. The number of aliphatic hydroxyl groups excluding tert-OH is 1. The largest absolute Gasteiger partial charge is 0.507 e. The van der Waals surface area contributed by atoms with Gasteiger partial charge in [-0.15, -0.1) is 0 Å². The van der Waals surface area contributed by atoms with E-state index >= 15 is 0 Å². The SMILES string of the molecule is COc1ccc(/C(O)=C2/C(=O)C(=O)N(c3cccc(C(=O)OC(C)C)c3)C2c2ccccc2)c(OC)c1. The molecule has 8 nitrogen and oxygen atoms in total. The van der Waals surface area contributed by atoms with Gasteiger partial charge in [0.1, 0.15) is 17.3 Å². The van der Waals surface area contributed by atoms with Crippen LogP contribution in [0.2, 0.25) is 0 Å². The maximum atomic E-state index is 13.4. The van der Waals surface area contributed by atoms with E-state index in [1.54, 1.807) is 74.5 Å². The minimum absolute atomic E-state index is 0.102. The van der Waals surface area contributed by atoms with Crippen molar-refractivity contribution >= 4 is 29.1 Å². The third-order valence-electron chi connectivity index (χ3n) is 5.93. The van der Waals surface area contributed by atoms with Gasteiger partial charge in [0.25, 0.3) is 11.7 Å². The summed E-state index contributed by atoms with van der Waals surface area (Å²) in [4.78, 5) is 40.6. The second-order valence-electron chi connectivity index (χ2n) is 8.65. The fraction of sp³-hybridized carbons (Fsp3) is 0.207. The number of anilines is 1. The Labute approximate surface area is 214 Å². The highest BCUT2D eigenvalue weighted by molar-refractivity contribution is 6.51. The molecule has 0 aromatic heterocycles. The molecule has 3 aromatic rings. The number of Topliss-reactive ketones (excluding diaryl/α,β-unsaturated/α-hetero) is 1. The summed E-state index contributed by atoms with van der Waals surface area (Å²) >= 11 is 0. The smallest absolute Gasteiger partial charge is 0.338 e. The van der Waals surface area contributed by atoms with Gasteiger partial charge in [-0.1, -0.05) is 36.4 Å². The zero-order valence-corrected chi connectivity index (χ0v) is 20.9. The average Bonchev–Trinajstić information content (AvgIpc) is 3.18. The van der Waals surface area contributed by atoms with Crippen LogP contribution in [0.25, 0.3) is 5.76 Å². The number of nitrogens with zero attached hydrogens (tertiary/aromatic N) is 1. The lowest BCUT2D eigenvalue weighted by Crippen LogP contribution is -2.29. The molecule has 1 N–H and O–H groups in total. The van der Waals surface area contributed by atoms with Crippen LogP contribution < -0.4 is 14.4 Å². The Bertz CT molecular complexity index is 1380. The van der Waals surface area contributed by atoms with Gasteiger partial charge in [0.15, 0.2) is 0 Å². The number of rotatable bonds is 7. The predicted octanol–water partition coefficient (Wildman–Crippen LogP) is 4.90. The molecule has 1 unspecified atom stereocenters. The van der Waals surface area contributed by atoms with Gasteiger partial charge >= 0.3 is 5.97 Å². The molecule has 1 atom stereocenters. The Hall–Kier alpha value is -4.59. The molecule has 190 valence electrons. The molecule has 0 aliphatic carbocycles. The first-order valence-corrected chi connectivity index (χ1v) is 11.7. The summed E-state index contributed by atoms with van der Waals surface area (Å²) in [6.45, 7) is 3.48. The molecule has 1 amide bonds. The normalized spacial score (nSPS) is 16.7. The second-order valence-corrected chi connectivity index (χ2v) is 8.65. The van der Waals surface area contributed by atoms with Gasteiger partial charge in [-0.05, 0) is 49.7 Å². The van der Waals surface area contributed by atoms with E-state index in [4.69, 9.17) is 14.2 Å². The van der Waals surface area contributed by atoms with Crippen LogP contribution in [0.15, 0.2) is 78.4 Å². The lowest BCUT2D eigenvalue weighted by molar-refractivity contribution is -0.132. The highest BCUT2D eigenvalue weighted by atomic mass is 16.5. The molecule has 0 bridgehead atoms. The number of ketones is 1. The zero-order valence-electron chi connectivity index (χ0n) is 20.9. The number of carbonyl (C=O) groups is 3. The average molecular weight is 502 g/mol.